The van der Waals surface area contributed by atoms with Gasteiger partial charge in [-0.2, -0.15) is 0 Å². The Morgan fingerprint density at radius 3 is 2.52 bits per heavy atom. The number of para-hydroxylation sites is 2. The molecule has 0 aromatic heterocycles. The molecule has 0 saturated heterocycles. The van der Waals surface area contributed by atoms with Gasteiger partial charge < -0.3 is 10.2 Å². The van der Waals surface area contributed by atoms with Crippen molar-refractivity contribution < 1.29 is 9.72 Å². The number of amides is 1. The van der Waals surface area contributed by atoms with Crippen molar-refractivity contribution in [2.75, 3.05) is 10.2 Å². The van der Waals surface area contributed by atoms with Crippen molar-refractivity contribution in [3.05, 3.63) is 100 Å². The van der Waals surface area contributed by atoms with E-state index in [1.54, 1.807) is 17.0 Å². The van der Waals surface area contributed by atoms with Crippen LogP contribution in [0.3, 0.4) is 0 Å². The van der Waals surface area contributed by atoms with Gasteiger partial charge in [0.05, 0.1) is 11.0 Å². The Labute approximate surface area is 168 Å². The van der Waals surface area contributed by atoms with Gasteiger partial charge in [-0.1, -0.05) is 42.5 Å². The first-order valence-corrected chi connectivity index (χ1v) is 9.53. The van der Waals surface area contributed by atoms with Gasteiger partial charge >= 0.3 is 0 Å². The van der Waals surface area contributed by atoms with E-state index < -0.39 is 4.92 Å². The number of fused-ring (bicyclic) bond motifs is 1. The molecule has 6 nitrogen and oxygen atoms in total. The fourth-order valence-corrected chi connectivity index (χ4v) is 3.89. The first kappa shape index (κ1) is 18.7. The van der Waals surface area contributed by atoms with E-state index in [4.69, 9.17) is 0 Å². The molecule has 3 aromatic rings. The molecule has 0 saturated carbocycles. The molecule has 2 unspecified atom stereocenters. The van der Waals surface area contributed by atoms with Gasteiger partial charge in [0.2, 0.25) is 0 Å². The van der Waals surface area contributed by atoms with Crippen LogP contribution in [0, 0.1) is 10.1 Å². The number of nitro groups is 1. The van der Waals surface area contributed by atoms with Crippen LogP contribution in [0.2, 0.25) is 0 Å². The van der Waals surface area contributed by atoms with Gasteiger partial charge in [-0.3, -0.25) is 14.9 Å². The molecule has 0 aliphatic carbocycles. The normalized spacial score (nSPS) is 18.0. The van der Waals surface area contributed by atoms with Crippen LogP contribution in [0.1, 0.15) is 35.3 Å². The van der Waals surface area contributed by atoms with E-state index in [9.17, 15) is 14.9 Å². The largest absolute Gasteiger partial charge is 0.378 e. The Bertz CT molecular complexity index is 1050. The Morgan fingerprint density at radius 1 is 1.03 bits per heavy atom. The number of nitrogens with zero attached hydrogens (tertiary/aromatic N) is 2. The van der Waals surface area contributed by atoms with Crippen LogP contribution in [0.25, 0.3) is 0 Å². The Hall–Kier alpha value is -3.67. The van der Waals surface area contributed by atoms with Gasteiger partial charge in [0.15, 0.2) is 0 Å². The second-order valence-corrected chi connectivity index (χ2v) is 7.19. The van der Waals surface area contributed by atoms with Gasteiger partial charge in [0.25, 0.3) is 11.6 Å². The molecule has 4 rings (SSSR count). The van der Waals surface area contributed by atoms with E-state index >= 15 is 0 Å². The number of hydrogen-bond acceptors (Lipinski definition) is 4. The van der Waals surface area contributed by atoms with Crippen molar-refractivity contribution in [2.24, 2.45) is 0 Å². The molecule has 3 aromatic carbocycles. The standard InChI is InChI=1S/C23H21N3O3/c1-16-14-21(24-18-9-3-2-4-10-18)20-12-5-6-13-22(20)25(16)23(27)17-8-7-11-19(15-17)26(28)29/h2-13,15-16,21,24H,14H2,1H3. The number of hydrogen-bond donors (Lipinski definition) is 1. The maximum Gasteiger partial charge on any atom is 0.270 e. The number of carbonyl (C=O) groups excluding carboxylic acids is 1. The number of benzene rings is 3. The van der Waals surface area contributed by atoms with Gasteiger partial charge in [0, 0.05) is 35.1 Å². The first-order chi connectivity index (χ1) is 14.0. The van der Waals surface area contributed by atoms with Crippen molar-refractivity contribution in [2.45, 2.75) is 25.4 Å². The van der Waals surface area contributed by atoms with Crippen molar-refractivity contribution >= 4 is 23.0 Å². The van der Waals surface area contributed by atoms with E-state index in [0.29, 0.717) is 5.56 Å². The summed E-state index contributed by atoms with van der Waals surface area (Å²) in [4.78, 5) is 25.7. The molecule has 0 fully saturated rings. The third-order valence-corrected chi connectivity index (χ3v) is 5.23. The molecule has 1 aliphatic heterocycles. The molecule has 1 amide bonds. The maximum atomic E-state index is 13.3. The Balaban J connectivity index is 1.69. The van der Waals surface area contributed by atoms with Crippen LogP contribution < -0.4 is 10.2 Å². The van der Waals surface area contributed by atoms with Crippen molar-refractivity contribution in [3.8, 4) is 0 Å². The Kier molecular flexibility index (Phi) is 4.99. The average molecular weight is 387 g/mol. The lowest BCUT2D eigenvalue weighted by Gasteiger charge is -2.40. The second-order valence-electron chi connectivity index (χ2n) is 7.19. The summed E-state index contributed by atoms with van der Waals surface area (Å²) in [6.07, 6.45) is 0.729. The van der Waals surface area contributed by atoms with Crippen LogP contribution in [0.5, 0.6) is 0 Å². The lowest BCUT2D eigenvalue weighted by atomic mass is 9.90. The SMILES string of the molecule is CC1CC(Nc2ccccc2)c2ccccc2N1C(=O)c1cccc([N+](=O)[O-])c1. The summed E-state index contributed by atoms with van der Waals surface area (Å²) in [6, 6.07) is 23.7. The Morgan fingerprint density at radius 2 is 1.76 bits per heavy atom. The highest BCUT2D eigenvalue weighted by Gasteiger charge is 2.34. The van der Waals surface area contributed by atoms with E-state index in [1.807, 2.05) is 61.5 Å². The van der Waals surface area contributed by atoms with Gasteiger partial charge in [-0.25, -0.2) is 0 Å². The maximum absolute atomic E-state index is 13.3. The van der Waals surface area contributed by atoms with E-state index in [0.717, 1.165) is 23.4 Å². The van der Waals surface area contributed by atoms with Crippen LogP contribution in [0.4, 0.5) is 17.1 Å². The smallest absolute Gasteiger partial charge is 0.270 e. The molecule has 1 aliphatic rings. The van der Waals surface area contributed by atoms with Gasteiger partial charge in [-0.05, 0) is 43.2 Å². The van der Waals surface area contributed by atoms with Crippen molar-refractivity contribution in [1.82, 2.24) is 0 Å². The minimum Gasteiger partial charge on any atom is -0.378 e. The molecular formula is C23H21N3O3. The quantitative estimate of drug-likeness (QED) is 0.494. The van der Waals surface area contributed by atoms with Gasteiger partial charge in [0.1, 0.15) is 0 Å². The number of nitro benzene ring substituents is 1. The fourth-order valence-electron chi connectivity index (χ4n) is 3.89. The predicted octanol–water partition coefficient (Wildman–Crippen LogP) is 5.19. The highest BCUT2D eigenvalue weighted by Crippen LogP contribution is 2.39. The number of non-ortho nitro benzene ring substituents is 1. The molecule has 2 atom stereocenters. The number of rotatable bonds is 4. The zero-order valence-corrected chi connectivity index (χ0v) is 16.0. The van der Waals surface area contributed by atoms with E-state index in [2.05, 4.69) is 5.32 Å². The number of carbonyl (C=O) groups is 1. The second kappa shape index (κ2) is 7.75. The summed E-state index contributed by atoms with van der Waals surface area (Å²) < 4.78 is 0. The molecule has 1 heterocycles. The molecule has 0 radical (unpaired) electrons. The van der Waals surface area contributed by atoms with E-state index in [-0.39, 0.29) is 23.7 Å². The summed E-state index contributed by atoms with van der Waals surface area (Å²) in [7, 11) is 0. The zero-order chi connectivity index (χ0) is 20.4. The third-order valence-electron chi connectivity index (χ3n) is 5.23. The molecule has 0 bridgehead atoms. The lowest BCUT2D eigenvalue weighted by Crippen LogP contribution is -2.44. The molecule has 1 N–H and O–H groups in total. The first-order valence-electron chi connectivity index (χ1n) is 9.53. The summed E-state index contributed by atoms with van der Waals surface area (Å²) in [5.74, 6) is -0.230. The van der Waals surface area contributed by atoms with Gasteiger partial charge in [-0.15, -0.1) is 0 Å². The number of nitrogens with one attached hydrogen (secondary N) is 1. The fraction of sp³-hybridized carbons (Fsp3) is 0.174. The minimum atomic E-state index is -0.482. The van der Waals surface area contributed by atoms with Crippen molar-refractivity contribution in [1.29, 1.82) is 0 Å². The summed E-state index contributed by atoms with van der Waals surface area (Å²) in [5.41, 5.74) is 3.12. The third kappa shape index (κ3) is 3.69. The minimum absolute atomic E-state index is 0.0674. The molecule has 29 heavy (non-hydrogen) atoms. The van der Waals surface area contributed by atoms with Crippen LogP contribution in [0.15, 0.2) is 78.9 Å². The molecule has 146 valence electrons. The molecular weight excluding hydrogens is 366 g/mol. The zero-order valence-electron chi connectivity index (χ0n) is 16.0. The van der Waals surface area contributed by atoms with Crippen LogP contribution >= 0.6 is 0 Å². The predicted molar refractivity (Wildman–Crippen MR) is 113 cm³/mol. The van der Waals surface area contributed by atoms with Crippen LogP contribution in [-0.2, 0) is 0 Å². The van der Waals surface area contributed by atoms with Crippen LogP contribution in [-0.4, -0.2) is 16.9 Å². The average Bonchev–Trinajstić information content (AvgIpc) is 2.74. The van der Waals surface area contributed by atoms with E-state index in [1.165, 1.54) is 12.1 Å². The summed E-state index contributed by atoms with van der Waals surface area (Å²) >= 11 is 0. The molecule has 0 spiro atoms. The topological polar surface area (TPSA) is 75.5 Å². The monoisotopic (exact) mass is 387 g/mol. The lowest BCUT2D eigenvalue weighted by molar-refractivity contribution is -0.384. The highest BCUT2D eigenvalue weighted by atomic mass is 16.6. The van der Waals surface area contributed by atoms with Crippen molar-refractivity contribution in [3.63, 3.8) is 0 Å². The highest BCUT2D eigenvalue weighted by molar-refractivity contribution is 6.07. The summed E-state index contributed by atoms with van der Waals surface area (Å²) in [6.45, 7) is 2.00. The molecule has 6 heteroatoms. The summed E-state index contributed by atoms with van der Waals surface area (Å²) in [5, 5.41) is 14.7. The number of anilines is 2.